The van der Waals surface area contributed by atoms with Crippen molar-refractivity contribution in [1.82, 2.24) is 14.7 Å². The molecule has 2 amide bonds. The molecule has 2 aromatic carbocycles. The van der Waals surface area contributed by atoms with E-state index in [1.165, 1.54) is 11.0 Å². The lowest BCUT2D eigenvalue weighted by atomic mass is 10.1. The number of carbonyl (C=O) groups is 2. The van der Waals surface area contributed by atoms with Crippen LogP contribution < -0.4 is 0 Å². The molecule has 2 heterocycles. The molecule has 2 aromatic rings. The van der Waals surface area contributed by atoms with Gasteiger partial charge in [-0.15, -0.1) is 0 Å². The quantitative estimate of drug-likeness (QED) is 0.723. The van der Waals surface area contributed by atoms with E-state index in [0.717, 1.165) is 26.2 Å². The Kier molecular flexibility index (Phi) is 5.44. The molecular weight excluding hydrogens is 381 g/mol. The predicted octanol–water partition coefficient (Wildman–Crippen LogP) is 2.89. The highest BCUT2D eigenvalue weighted by Gasteiger charge is 2.35. The van der Waals surface area contributed by atoms with Gasteiger partial charge in [0.05, 0.1) is 11.1 Å². The van der Waals surface area contributed by atoms with Gasteiger partial charge < -0.3 is 0 Å². The molecule has 4 rings (SSSR count). The number of nitrogens with zero attached hydrogens (tertiary/aromatic N) is 3. The summed E-state index contributed by atoms with van der Waals surface area (Å²) in [5.41, 5.74) is 1.50. The summed E-state index contributed by atoms with van der Waals surface area (Å²) in [6.07, 6.45) is 0. The highest BCUT2D eigenvalue weighted by atomic mass is 35.5. The molecule has 0 atom stereocenters. The smallest absolute Gasteiger partial charge is 0.261 e. The van der Waals surface area contributed by atoms with Gasteiger partial charge in [0.25, 0.3) is 11.8 Å². The predicted molar refractivity (Wildman–Crippen MR) is 105 cm³/mol. The first-order valence-electron chi connectivity index (χ1n) is 9.37. The second-order valence-corrected chi connectivity index (χ2v) is 7.53. The molecule has 0 radical (unpaired) electrons. The molecule has 1 saturated heterocycles. The Morgan fingerprint density at radius 1 is 0.821 bits per heavy atom. The SMILES string of the molecule is O=C1c2ccccc2C(=O)N1CCN1CCN(Cc2c(F)cccc2Cl)CC1. The Labute approximate surface area is 168 Å². The monoisotopic (exact) mass is 401 g/mol. The Morgan fingerprint density at radius 2 is 1.43 bits per heavy atom. The summed E-state index contributed by atoms with van der Waals surface area (Å²) in [5.74, 6) is -0.706. The first-order chi connectivity index (χ1) is 13.5. The lowest BCUT2D eigenvalue weighted by Crippen LogP contribution is -2.48. The van der Waals surface area contributed by atoms with Gasteiger partial charge in [-0.3, -0.25) is 24.3 Å². The number of fused-ring (bicyclic) bond motifs is 1. The molecule has 0 bridgehead atoms. The van der Waals surface area contributed by atoms with E-state index >= 15 is 0 Å². The fourth-order valence-electron chi connectivity index (χ4n) is 3.76. The average molecular weight is 402 g/mol. The normalized spacial score (nSPS) is 18.0. The fourth-order valence-corrected chi connectivity index (χ4v) is 3.98. The lowest BCUT2D eigenvalue weighted by Gasteiger charge is -2.35. The van der Waals surface area contributed by atoms with Gasteiger partial charge in [-0.25, -0.2) is 4.39 Å². The maximum Gasteiger partial charge on any atom is 0.261 e. The summed E-state index contributed by atoms with van der Waals surface area (Å²) in [6, 6.07) is 11.7. The van der Waals surface area contributed by atoms with Crippen molar-refractivity contribution < 1.29 is 14.0 Å². The molecule has 2 aliphatic heterocycles. The molecule has 7 heteroatoms. The van der Waals surface area contributed by atoms with E-state index in [2.05, 4.69) is 9.80 Å². The number of carbonyl (C=O) groups excluding carboxylic acids is 2. The second-order valence-electron chi connectivity index (χ2n) is 7.13. The average Bonchev–Trinajstić information content (AvgIpc) is 2.95. The molecule has 0 unspecified atom stereocenters. The van der Waals surface area contributed by atoms with Gasteiger partial charge in [0, 0.05) is 56.4 Å². The van der Waals surface area contributed by atoms with E-state index in [4.69, 9.17) is 11.6 Å². The van der Waals surface area contributed by atoms with Crippen molar-refractivity contribution in [3.8, 4) is 0 Å². The number of rotatable bonds is 5. The summed E-state index contributed by atoms with van der Waals surface area (Å²) in [5, 5.41) is 0.452. The van der Waals surface area contributed by atoms with Gasteiger partial charge in [0.15, 0.2) is 0 Å². The highest BCUT2D eigenvalue weighted by molar-refractivity contribution is 6.31. The van der Waals surface area contributed by atoms with Crippen LogP contribution in [-0.2, 0) is 6.54 Å². The molecule has 5 nitrogen and oxygen atoms in total. The molecule has 1 fully saturated rings. The Hall–Kier alpha value is -2.28. The van der Waals surface area contributed by atoms with E-state index in [1.807, 2.05) is 0 Å². The third-order valence-electron chi connectivity index (χ3n) is 5.43. The van der Waals surface area contributed by atoms with Gasteiger partial charge in [-0.2, -0.15) is 0 Å². The molecule has 28 heavy (non-hydrogen) atoms. The van der Waals surface area contributed by atoms with Gasteiger partial charge >= 0.3 is 0 Å². The molecule has 0 aliphatic carbocycles. The number of benzene rings is 2. The van der Waals surface area contributed by atoms with Crippen LogP contribution in [0.3, 0.4) is 0 Å². The number of hydrogen-bond acceptors (Lipinski definition) is 4. The van der Waals surface area contributed by atoms with Crippen LogP contribution in [0.2, 0.25) is 5.02 Å². The van der Waals surface area contributed by atoms with Crippen molar-refractivity contribution in [2.75, 3.05) is 39.3 Å². The summed E-state index contributed by atoms with van der Waals surface area (Å²) in [7, 11) is 0. The van der Waals surface area contributed by atoms with Crippen molar-refractivity contribution >= 4 is 23.4 Å². The zero-order chi connectivity index (χ0) is 19.7. The minimum Gasteiger partial charge on any atom is -0.299 e. The van der Waals surface area contributed by atoms with Gasteiger partial charge in [0.1, 0.15) is 5.82 Å². The molecule has 0 spiro atoms. The third kappa shape index (κ3) is 3.68. The van der Waals surface area contributed by atoms with Gasteiger partial charge in [-0.05, 0) is 24.3 Å². The van der Waals surface area contributed by atoms with Crippen LogP contribution in [0.15, 0.2) is 42.5 Å². The Balaban J connectivity index is 1.29. The Morgan fingerprint density at radius 3 is 2.04 bits per heavy atom. The summed E-state index contributed by atoms with van der Waals surface area (Å²) in [6.45, 7) is 4.67. The molecule has 0 aromatic heterocycles. The topological polar surface area (TPSA) is 43.9 Å². The summed E-state index contributed by atoms with van der Waals surface area (Å²) >= 11 is 6.12. The lowest BCUT2D eigenvalue weighted by molar-refractivity contribution is 0.0612. The first-order valence-corrected chi connectivity index (χ1v) is 9.75. The van der Waals surface area contributed by atoms with Crippen LogP contribution in [-0.4, -0.2) is 65.8 Å². The maximum atomic E-state index is 14.0. The van der Waals surface area contributed by atoms with Crippen LogP contribution in [0.1, 0.15) is 26.3 Å². The van der Waals surface area contributed by atoms with Gasteiger partial charge in [-0.1, -0.05) is 29.8 Å². The number of halogens is 2. The summed E-state index contributed by atoms with van der Waals surface area (Å²) < 4.78 is 14.0. The zero-order valence-electron chi connectivity index (χ0n) is 15.4. The number of amides is 2. The van der Waals surface area contributed by atoms with Crippen LogP contribution in [0.4, 0.5) is 4.39 Å². The number of hydrogen-bond donors (Lipinski definition) is 0. The summed E-state index contributed by atoms with van der Waals surface area (Å²) in [4.78, 5) is 30.6. The van der Waals surface area contributed by atoms with Crippen molar-refractivity contribution in [2.24, 2.45) is 0 Å². The van der Waals surface area contributed by atoms with Crippen molar-refractivity contribution in [1.29, 1.82) is 0 Å². The van der Waals surface area contributed by atoms with Crippen LogP contribution in [0.25, 0.3) is 0 Å². The molecular formula is C21H21ClFN3O2. The zero-order valence-corrected chi connectivity index (χ0v) is 16.2. The van der Waals surface area contributed by atoms with E-state index < -0.39 is 0 Å². The van der Waals surface area contributed by atoms with Crippen LogP contribution in [0, 0.1) is 5.82 Å². The fraction of sp³-hybridized carbons (Fsp3) is 0.333. The number of piperazine rings is 1. The highest BCUT2D eigenvalue weighted by Crippen LogP contribution is 2.23. The van der Waals surface area contributed by atoms with E-state index in [0.29, 0.717) is 41.3 Å². The van der Waals surface area contributed by atoms with Crippen molar-refractivity contribution in [3.05, 3.63) is 70.0 Å². The van der Waals surface area contributed by atoms with Crippen LogP contribution in [0.5, 0.6) is 0 Å². The third-order valence-corrected chi connectivity index (χ3v) is 5.78. The molecule has 0 saturated carbocycles. The van der Waals surface area contributed by atoms with Crippen molar-refractivity contribution in [3.63, 3.8) is 0 Å². The van der Waals surface area contributed by atoms with Crippen molar-refractivity contribution in [2.45, 2.75) is 6.54 Å². The Bertz CT molecular complexity index is 857. The van der Waals surface area contributed by atoms with E-state index in [9.17, 15) is 14.0 Å². The molecule has 0 N–H and O–H groups in total. The largest absolute Gasteiger partial charge is 0.299 e. The van der Waals surface area contributed by atoms with E-state index in [1.54, 1.807) is 36.4 Å². The number of imide groups is 1. The van der Waals surface area contributed by atoms with E-state index in [-0.39, 0.29) is 17.6 Å². The van der Waals surface area contributed by atoms with Crippen LogP contribution >= 0.6 is 11.6 Å². The standard InChI is InChI=1S/C21H21ClFN3O2/c22-18-6-3-7-19(23)17(18)14-25-10-8-24(9-11-25)12-13-26-20(27)15-4-1-2-5-16(15)21(26)28/h1-7H,8-14H2. The minimum absolute atomic E-state index is 0.214. The maximum absolute atomic E-state index is 14.0. The minimum atomic E-state index is -0.277. The van der Waals surface area contributed by atoms with Gasteiger partial charge in [0.2, 0.25) is 0 Å². The molecule has 146 valence electrons. The molecule has 2 aliphatic rings. The first kappa shape index (κ1) is 19.1. The second kappa shape index (κ2) is 7.99.